The van der Waals surface area contributed by atoms with Crippen molar-refractivity contribution >= 4 is 11.8 Å². The number of fused-ring (bicyclic) bond motifs is 1. The van der Waals surface area contributed by atoms with Crippen molar-refractivity contribution in [2.24, 2.45) is 5.73 Å². The normalized spacial score (nSPS) is 13.5. The second-order valence-corrected chi connectivity index (χ2v) is 6.30. The first-order valence-corrected chi connectivity index (χ1v) is 7.86. The Balaban J connectivity index is 1.80. The SMILES string of the molecule is NCCc1ccc(Sc2ccc3c(c2)CCC3)c(F)c1. The van der Waals surface area contributed by atoms with E-state index in [9.17, 15) is 4.39 Å². The molecule has 0 bridgehead atoms. The number of hydrogen-bond donors (Lipinski definition) is 1. The highest BCUT2D eigenvalue weighted by molar-refractivity contribution is 7.99. The van der Waals surface area contributed by atoms with Crippen LogP contribution in [-0.4, -0.2) is 6.54 Å². The second-order valence-electron chi connectivity index (χ2n) is 5.19. The van der Waals surface area contributed by atoms with Crippen LogP contribution >= 0.6 is 11.8 Å². The molecule has 0 heterocycles. The Morgan fingerprint density at radius 3 is 2.70 bits per heavy atom. The first-order valence-electron chi connectivity index (χ1n) is 7.04. The van der Waals surface area contributed by atoms with Crippen molar-refractivity contribution in [1.82, 2.24) is 0 Å². The van der Waals surface area contributed by atoms with E-state index in [-0.39, 0.29) is 5.82 Å². The highest BCUT2D eigenvalue weighted by Crippen LogP contribution is 2.33. The molecule has 1 aliphatic carbocycles. The summed E-state index contributed by atoms with van der Waals surface area (Å²) in [6.45, 7) is 0.552. The van der Waals surface area contributed by atoms with Crippen molar-refractivity contribution in [3.05, 3.63) is 58.9 Å². The fourth-order valence-corrected chi connectivity index (χ4v) is 3.57. The summed E-state index contributed by atoms with van der Waals surface area (Å²) in [7, 11) is 0. The predicted molar refractivity (Wildman–Crippen MR) is 81.7 cm³/mol. The molecule has 0 unspecified atom stereocenters. The van der Waals surface area contributed by atoms with E-state index in [4.69, 9.17) is 5.73 Å². The molecule has 0 amide bonds. The van der Waals surface area contributed by atoms with E-state index in [0.717, 1.165) is 23.3 Å². The zero-order valence-electron chi connectivity index (χ0n) is 11.4. The Labute approximate surface area is 123 Å². The molecule has 0 saturated heterocycles. The fourth-order valence-electron chi connectivity index (χ4n) is 2.69. The first-order chi connectivity index (χ1) is 9.76. The van der Waals surface area contributed by atoms with Gasteiger partial charge in [0.15, 0.2) is 0 Å². The molecular weight excluding hydrogens is 269 g/mol. The van der Waals surface area contributed by atoms with E-state index >= 15 is 0 Å². The largest absolute Gasteiger partial charge is 0.330 e. The summed E-state index contributed by atoms with van der Waals surface area (Å²) in [6, 6.07) is 11.9. The maximum Gasteiger partial charge on any atom is 0.137 e. The molecule has 3 heteroatoms. The van der Waals surface area contributed by atoms with E-state index < -0.39 is 0 Å². The van der Waals surface area contributed by atoms with Crippen LogP contribution in [0.15, 0.2) is 46.2 Å². The summed E-state index contributed by atoms with van der Waals surface area (Å²) < 4.78 is 14.1. The minimum atomic E-state index is -0.151. The average molecular weight is 287 g/mol. The van der Waals surface area contributed by atoms with E-state index in [1.54, 1.807) is 6.07 Å². The van der Waals surface area contributed by atoms with Crippen LogP contribution in [0.3, 0.4) is 0 Å². The molecule has 1 aliphatic rings. The molecule has 0 aromatic heterocycles. The van der Waals surface area contributed by atoms with Gasteiger partial charge in [0.2, 0.25) is 0 Å². The summed E-state index contributed by atoms with van der Waals surface area (Å²) in [5.74, 6) is -0.151. The smallest absolute Gasteiger partial charge is 0.137 e. The van der Waals surface area contributed by atoms with Crippen LogP contribution in [0.5, 0.6) is 0 Å². The van der Waals surface area contributed by atoms with Gasteiger partial charge in [-0.05, 0) is 73.2 Å². The van der Waals surface area contributed by atoms with Crippen molar-refractivity contribution in [1.29, 1.82) is 0 Å². The van der Waals surface area contributed by atoms with Crippen LogP contribution in [-0.2, 0) is 19.3 Å². The predicted octanol–water partition coefficient (Wildman–Crippen LogP) is 3.97. The number of aryl methyl sites for hydroxylation is 2. The molecule has 0 radical (unpaired) electrons. The van der Waals surface area contributed by atoms with E-state index in [1.165, 1.54) is 35.7 Å². The van der Waals surface area contributed by atoms with Gasteiger partial charge in [-0.25, -0.2) is 4.39 Å². The average Bonchev–Trinajstić information content (AvgIpc) is 2.90. The molecule has 104 valence electrons. The van der Waals surface area contributed by atoms with Crippen LogP contribution in [0.1, 0.15) is 23.1 Å². The number of benzene rings is 2. The summed E-state index contributed by atoms with van der Waals surface area (Å²) in [5.41, 5.74) is 9.34. The summed E-state index contributed by atoms with van der Waals surface area (Å²) in [4.78, 5) is 1.81. The molecule has 0 atom stereocenters. The van der Waals surface area contributed by atoms with Gasteiger partial charge in [0.05, 0.1) is 0 Å². The summed E-state index contributed by atoms with van der Waals surface area (Å²) in [6.07, 6.45) is 4.30. The molecule has 0 aliphatic heterocycles. The zero-order valence-corrected chi connectivity index (χ0v) is 12.2. The van der Waals surface area contributed by atoms with Crippen LogP contribution in [0, 0.1) is 5.82 Å². The van der Waals surface area contributed by atoms with Crippen molar-refractivity contribution in [3.63, 3.8) is 0 Å². The Morgan fingerprint density at radius 1 is 1.05 bits per heavy atom. The summed E-state index contributed by atoms with van der Waals surface area (Å²) in [5, 5.41) is 0. The summed E-state index contributed by atoms with van der Waals surface area (Å²) >= 11 is 1.50. The molecule has 0 fully saturated rings. The lowest BCUT2D eigenvalue weighted by Gasteiger charge is -2.07. The number of nitrogens with two attached hydrogens (primary N) is 1. The molecule has 2 N–H and O–H groups in total. The number of halogens is 1. The Morgan fingerprint density at radius 2 is 1.90 bits per heavy atom. The topological polar surface area (TPSA) is 26.0 Å². The minimum absolute atomic E-state index is 0.151. The van der Waals surface area contributed by atoms with E-state index in [1.807, 2.05) is 12.1 Å². The van der Waals surface area contributed by atoms with Gasteiger partial charge >= 0.3 is 0 Å². The van der Waals surface area contributed by atoms with Gasteiger partial charge in [-0.2, -0.15) is 0 Å². The molecule has 2 aromatic carbocycles. The zero-order chi connectivity index (χ0) is 13.9. The van der Waals surface area contributed by atoms with Gasteiger partial charge in [-0.15, -0.1) is 0 Å². The minimum Gasteiger partial charge on any atom is -0.330 e. The fraction of sp³-hybridized carbons (Fsp3) is 0.294. The standard InChI is InChI=1S/C17H18FNS/c18-16-10-12(8-9-19)4-7-17(16)20-15-6-5-13-2-1-3-14(13)11-15/h4-7,10-11H,1-3,8-9,19H2. The van der Waals surface area contributed by atoms with Crippen molar-refractivity contribution < 1.29 is 4.39 Å². The Kier molecular flexibility index (Phi) is 4.08. The highest BCUT2D eigenvalue weighted by atomic mass is 32.2. The van der Waals surface area contributed by atoms with Crippen LogP contribution < -0.4 is 5.73 Å². The molecule has 20 heavy (non-hydrogen) atoms. The van der Waals surface area contributed by atoms with Gasteiger partial charge in [0.25, 0.3) is 0 Å². The van der Waals surface area contributed by atoms with E-state index in [0.29, 0.717) is 11.4 Å². The molecule has 3 rings (SSSR count). The van der Waals surface area contributed by atoms with Gasteiger partial charge in [-0.3, -0.25) is 0 Å². The third kappa shape index (κ3) is 2.89. The number of hydrogen-bond acceptors (Lipinski definition) is 2. The highest BCUT2D eigenvalue weighted by Gasteiger charge is 2.12. The Bertz CT molecular complexity index is 624. The lowest BCUT2D eigenvalue weighted by atomic mass is 10.1. The number of rotatable bonds is 4. The Hall–Kier alpha value is -1.32. The van der Waals surface area contributed by atoms with Gasteiger partial charge < -0.3 is 5.73 Å². The van der Waals surface area contributed by atoms with Crippen molar-refractivity contribution in [3.8, 4) is 0 Å². The quantitative estimate of drug-likeness (QED) is 0.921. The maximum absolute atomic E-state index is 14.1. The lowest BCUT2D eigenvalue weighted by molar-refractivity contribution is 0.599. The van der Waals surface area contributed by atoms with Gasteiger partial charge in [-0.1, -0.05) is 23.9 Å². The van der Waals surface area contributed by atoms with Gasteiger partial charge in [0, 0.05) is 9.79 Å². The van der Waals surface area contributed by atoms with Crippen molar-refractivity contribution in [2.45, 2.75) is 35.5 Å². The molecule has 0 spiro atoms. The maximum atomic E-state index is 14.1. The molecule has 2 aromatic rings. The van der Waals surface area contributed by atoms with Crippen LogP contribution in [0.4, 0.5) is 4.39 Å². The molecule has 1 nitrogen and oxygen atoms in total. The third-order valence-corrected chi connectivity index (χ3v) is 4.77. The van der Waals surface area contributed by atoms with E-state index in [2.05, 4.69) is 18.2 Å². The molecule has 0 saturated carbocycles. The monoisotopic (exact) mass is 287 g/mol. The first kappa shape index (κ1) is 13.7. The van der Waals surface area contributed by atoms with Gasteiger partial charge in [0.1, 0.15) is 5.82 Å². The molecular formula is C17H18FNS. The lowest BCUT2D eigenvalue weighted by Crippen LogP contribution is -2.02. The third-order valence-electron chi connectivity index (χ3n) is 3.73. The van der Waals surface area contributed by atoms with Crippen LogP contribution in [0.25, 0.3) is 0 Å². The van der Waals surface area contributed by atoms with Crippen molar-refractivity contribution in [2.75, 3.05) is 6.54 Å². The second kappa shape index (κ2) is 5.98. The van der Waals surface area contributed by atoms with Crippen LogP contribution in [0.2, 0.25) is 0 Å².